The third-order valence-corrected chi connectivity index (χ3v) is 2.13. The van der Waals surface area contributed by atoms with Crippen LogP contribution in [0.1, 0.15) is 27.2 Å². The van der Waals surface area contributed by atoms with Gasteiger partial charge >= 0.3 is 0 Å². The fraction of sp³-hybridized carbons (Fsp3) is 0.700. The molecule has 6 nitrogen and oxygen atoms in total. The number of rotatable bonds is 2. The Hall–Kier alpha value is -1.59. The summed E-state index contributed by atoms with van der Waals surface area (Å²) in [6.07, 6.45) is -0.105. The van der Waals surface area contributed by atoms with Gasteiger partial charge in [-0.15, -0.1) is 0 Å². The molecule has 1 aliphatic heterocycles. The predicted octanol–water partition coefficient (Wildman–Crippen LogP) is -0.589. The summed E-state index contributed by atoms with van der Waals surface area (Å²) >= 11 is 0. The molecule has 3 amide bonds. The van der Waals surface area contributed by atoms with Gasteiger partial charge in [-0.25, -0.2) is 0 Å². The minimum atomic E-state index is -0.896. The van der Waals surface area contributed by atoms with Crippen LogP contribution in [0.5, 0.6) is 0 Å². The van der Waals surface area contributed by atoms with E-state index in [1.807, 2.05) is 20.8 Å². The van der Waals surface area contributed by atoms with Crippen LogP contribution in [0.25, 0.3) is 0 Å². The van der Waals surface area contributed by atoms with Gasteiger partial charge in [-0.1, -0.05) is 0 Å². The van der Waals surface area contributed by atoms with Crippen molar-refractivity contribution in [1.82, 2.24) is 15.8 Å². The van der Waals surface area contributed by atoms with Crippen LogP contribution in [0.3, 0.4) is 0 Å². The highest BCUT2D eigenvalue weighted by atomic mass is 16.2. The molecular weight excluding hydrogens is 210 g/mol. The summed E-state index contributed by atoms with van der Waals surface area (Å²) in [6.45, 7) is 5.52. The second-order valence-electron chi connectivity index (χ2n) is 4.93. The number of nitrogens with one attached hydrogen (secondary N) is 2. The zero-order valence-electron chi connectivity index (χ0n) is 9.96. The number of amides is 3. The van der Waals surface area contributed by atoms with E-state index in [0.717, 1.165) is 5.01 Å². The monoisotopic (exact) mass is 227 g/mol. The molecule has 1 aliphatic rings. The van der Waals surface area contributed by atoms with Crippen LogP contribution in [0.4, 0.5) is 0 Å². The van der Waals surface area contributed by atoms with Crippen molar-refractivity contribution >= 4 is 17.7 Å². The number of carbonyl (C=O) groups excluding carboxylic acids is 3. The first-order valence-electron chi connectivity index (χ1n) is 5.10. The van der Waals surface area contributed by atoms with Crippen molar-refractivity contribution in [3.05, 3.63) is 0 Å². The number of hydrogen-bond acceptors (Lipinski definition) is 3. The van der Waals surface area contributed by atoms with Crippen LogP contribution in [0.15, 0.2) is 0 Å². The first kappa shape index (κ1) is 12.5. The molecule has 2 N–H and O–H groups in total. The average molecular weight is 227 g/mol. The molecule has 0 spiro atoms. The van der Waals surface area contributed by atoms with Gasteiger partial charge in [0, 0.05) is 19.0 Å². The first-order chi connectivity index (χ1) is 7.20. The molecule has 0 aromatic carbocycles. The standard InChI is InChI=1S/C10H17N3O3/c1-10(2,3)11-7(14)5-6-8(15)12-13(4)9(6)16/h6H,5H2,1-4H3,(H,11,14)(H,12,15). The number of carbonyl (C=O) groups is 3. The van der Waals surface area contributed by atoms with Gasteiger partial charge in [0.15, 0.2) is 0 Å². The third-order valence-electron chi connectivity index (χ3n) is 2.13. The maximum Gasteiger partial charge on any atom is 0.253 e. The van der Waals surface area contributed by atoms with Crippen LogP contribution in [-0.4, -0.2) is 35.3 Å². The van der Waals surface area contributed by atoms with Crippen molar-refractivity contribution in [2.75, 3.05) is 7.05 Å². The number of nitrogens with zero attached hydrogens (tertiary/aromatic N) is 1. The lowest BCUT2D eigenvalue weighted by molar-refractivity contribution is -0.136. The highest BCUT2D eigenvalue weighted by molar-refractivity contribution is 6.07. The summed E-state index contributed by atoms with van der Waals surface area (Å²) in [6, 6.07) is 0. The molecule has 16 heavy (non-hydrogen) atoms. The van der Waals surface area contributed by atoms with Crippen molar-refractivity contribution in [1.29, 1.82) is 0 Å². The van der Waals surface area contributed by atoms with Gasteiger partial charge in [-0.3, -0.25) is 24.8 Å². The second-order valence-corrected chi connectivity index (χ2v) is 4.93. The number of hydrogen-bond donors (Lipinski definition) is 2. The van der Waals surface area contributed by atoms with Gasteiger partial charge in [-0.2, -0.15) is 0 Å². The molecule has 1 atom stereocenters. The van der Waals surface area contributed by atoms with Gasteiger partial charge in [0.05, 0.1) is 0 Å². The van der Waals surface area contributed by atoms with E-state index in [1.165, 1.54) is 7.05 Å². The van der Waals surface area contributed by atoms with Crippen LogP contribution in [0.2, 0.25) is 0 Å². The molecule has 1 unspecified atom stereocenters. The van der Waals surface area contributed by atoms with Crippen LogP contribution >= 0.6 is 0 Å². The van der Waals surface area contributed by atoms with Crippen molar-refractivity contribution < 1.29 is 14.4 Å². The maximum atomic E-state index is 11.6. The van der Waals surface area contributed by atoms with E-state index in [9.17, 15) is 14.4 Å². The maximum absolute atomic E-state index is 11.6. The minimum absolute atomic E-state index is 0.105. The largest absolute Gasteiger partial charge is 0.351 e. The van der Waals surface area contributed by atoms with Crippen molar-refractivity contribution in [3.8, 4) is 0 Å². The van der Waals surface area contributed by atoms with E-state index in [1.54, 1.807) is 0 Å². The van der Waals surface area contributed by atoms with Crippen LogP contribution < -0.4 is 10.7 Å². The Kier molecular flexibility index (Phi) is 3.21. The Morgan fingerprint density at radius 3 is 2.38 bits per heavy atom. The molecule has 1 rings (SSSR count). The molecular formula is C10H17N3O3. The smallest absolute Gasteiger partial charge is 0.253 e. The van der Waals surface area contributed by atoms with E-state index in [2.05, 4.69) is 10.7 Å². The predicted molar refractivity (Wildman–Crippen MR) is 56.9 cm³/mol. The fourth-order valence-corrected chi connectivity index (χ4v) is 1.48. The lowest BCUT2D eigenvalue weighted by Gasteiger charge is -2.20. The Labute approximate surface area is 94.3 Å². The van der Waals surface area contributed by atoms with Gasteiger partial charge < -0.3 is 5.32 Å². The summed E-state index contributed by atoms with van der Waals surface area (Å²) in [5.41, 5.74) is 1.99. The molecule has 0 radical (unpaired) electrons. The number of hydrazine groups is 1. The van der Waals surface area contributed by atoms with E-state index < -0.39 is 11.8 Å². The normalized spacial score (nSPS) is 21.0. The van der Waals surface area contributed by atoms with Gasteiger partial charge in [0.1, 0.15) is 5.92 Å². The Balaban J connectivity index is 2.58. The lowest BCUT2D eigenvalue weighted by Crippen LogP contribution is -2.42. The van der Waals surface area contributed by atoms with E-state index in [0.29, 0.717) is 0 Å². The second kappa shape index (κ2) is 4.11. The molecule has 0 saturated carbocycles. The van der Waals surface area contributed by atoms with Crippen LogP contribution in [-0.2, 0) is 14.4 Å². The Morgan fingerprint density at radius 1 is 1.44 bits per heavy atom. The summed E-state index contributed by atoms with van der Waals surface area (Å²) in [7, 11) is 1.46. The Morgan fingerprint density at radius 2 is 2.00 bits per heavy atom. The van der Waals surface area contributed by atoms with Gasteiger partial charge in [-0.05, 0) is 20.8 Å². The quantitative estimate of drug-likeness (QED) is 0.619. The van der Waals surface area contributed by atoms with Crippen molar-refractivity contribution in [3.63, 3.8) is 0 Å². The summed E-state index contributed by atoms with van der Waals surface area (Å²) in [5, 5.41) is 3.82. The average Bonchev–Trinajstić information content (AvgIpc) is 2.29. The first-order valence-corrected chi connectivity index (χ1v) is 5.10. The Bertz CT molecular complexity index is 333. The molecule has 0 aromatic rings. The van der Waals surface area contributed by atoms with E-state index in [-0.39, 0.29) is 23.8 Å². The molecule has 0 aromatic heterocycles. The summed E-state index contributed by atoms with van der Waals surface area (Å²) < 4.78 is 0. The molecule has 1 fully saturated rings. The highest BCUT2D eigenvalue weighted by Gasteiger charge is 2.38. The molecule has 0 aliphatic carbocycles. The van der Waals surface area contributed by atoms with E-state index >= 15 is 0 Å². The lowest BCUT2D eigenvalue weighted by atomic mass is 10.0. The molecule has 0 bridgehead atoms. The van der Waals surface area contributed by atoms with Crippen LogP contribution in [0, 0.1) is 5.92 Å². The minimum Gasteiger partial charge on any atom is -0.351 e. The highest BCUT2D eigenvalue weighted by Crippen LogP contribution is 2.13. The summed E-state index contributed by atoms with van der Waals surface area (Å²) in [4.78, 5) is 34.4. The molecule has 6 heteroatoms. The zero-order valence-corrected chi connectivity index (χ0v) is 9.96. The fourth-order valence-electron chi connectivity index (χ4n) is 1.48. The van der Waals surface area contributed by atoms with Crippen molar-refractivity contribution in [2.24, 2.45) is 5.92 Å². The van der Waals surface area contributed by atoms with Gasteiger partial charge in [0.25, 0.3) is 11.8 Å². The SMILES string of the molecule is CN1NC(=O)C(CC(=O)NC(C)(C)C)C1=O. The topological polar surface area (TPSA) is 78.5 Å². The third kappa shape index (κ3) is 2.95. The van der Waals surface area contributed by atoms with Gasteiger partial charge in [0.2, 0.25) is 5.91 Å². The summed E-state index contributed by atoms with van der Waals surface area (Å²) in [5.74, 6) is -1.98. The molecule has 1 heterocycles. The van der Waals surface area contributed by atoms with E-state index in [4.69, 9.17) is 0 Å². The molecule has 90 valence electrons. The molecule has 1 saturated heterocycles. The van der Waals surface area contributed by atoms with Crippen molar-refractivity contribution in [2.45, 2.75) is 32.7 Å². The zero-order chi connectivity index (χ0) is 12.5.